The average Bonchev–Trinajstić information content (AvgIpc) is 2.45. The maximum atomic E-state index is 15.0. The van der Waals surface area contributed by atoms with Gasteiger partial charge < -0.3 is 10.5 Å². The Balaban J connectivity index is 2.57. The molecule has 0 bridgehead atoms. The number of amidine groups is 1. The molecule has 1 amide bonds. The topological polar surface area (TPSA) is 111 Å². The number of nitrogens with zero attached hydrogens (tertiary/aromatic N) is 1. The highest BCUT2D eigenvalue weighted by Gasteiger charge is 2.54. The minimum Gasteiger partial charge on any atom is -0.444 e. The molecule has 10 heteroatoms. The Morgan fingerprint density at radius 3 is 2.48 bits per heavy atom. The molecule has 1 heterocycles. The summed E-state index contributed by atoms with van der Waals surface area (Å²) in [5.41, 5.74) is 3.16. The van der Waals surface area contributed by atoms with Crippen LogP contribution in [0.3, 0.4) is 0 Å². The van der Waals surface area contributed by atoms with Gasteiger partial charge in [0, 0.05) is 11.3 Å². The molecule has 1 aromatic carbocycles. The minimum atomic E-state index is -4.46. The number of nitrogens with one attached hydrogen (secondary N) is 1. The zero-order chi connectivity index (χ0) is 20.8. The van der Waals surface area contributed by atoms with E-state index in [1.807, 2.05) is 0 Å². The van der Waals surface area contributed by atoms with E-state index in [4.69, 9.17) is 10.5 Å². The maximum absolute atomic E-state index is 15.0. The standard InChI is InChI=1S/C17H23F2N3O4S/c1-15(2,3)26-14(23)21-13-17(5,19)27(24,25)9-16(4,22-13)11-8-10(20)6-7-12(11)18/h6-8H,9,20H2,1-5H3,(H,21,22,23)/t16-,17+/m0/s1. The Hall–Kier alpha value is -2.23. The van der Waals surface area contributed by atoms with Gasteiger partial charge in [0.2, 0.25) is 0 Å². The molecule has 0 saturated carbocycles. The first-order chi connectivity index (χ1) is 12.1. The van der Waals surface area contributed by atoms with Crippen LogP contribution in [0.5, 0.6) is 0 Å². The smallest absolute Gasteiger partial charge is 0.413 e. The van der Waals surface area contributed by atoms with Crippen molar-refractivity contribution in [2.75, 3.05) is 11.5 Å². The van der Waals surface area contributed by atoms with Crippen molar-refractivity contribution < 1.29 is 26.7 Å². The van der Waals surface area contributed by atoms with Crippen LogP contribution >= 0.6 is 0 Å². The SMILES string of the molecule is CC(C)(C)OC(=O)NC1=N[C@](C)(c2cc(N)ccc2F)CS(=O)(=O)[C@@]1(C)F. The van der Waals surface area contributed by atoms with E-state index in [1.54, 1.807) is 20.8 Å². The second-order valence-corrected chi connectivity index (χ2v) is 10.1. The van der Waals surface area contributed by atoms with E-state index >= 15 is 4.39 Å². The lowest BCUT2D eigenvalue weighted by molar-refractivity contribution is 0.0557. The van der Waals surface area contributed by atoms with Gasteiger partial charge in [-0.15, -0.1) is 0 Å². The van der Waals surface area contributed by atoms with Gasteiger partial charge >= 0.3 is 6.09 Å². The van der Waals surface area contributed by atoms with Crippen molar-refractivity contribution in [3.63, 3.8) is 0 Å². The molecule has 1 aromatic rings. The van der Waals surface area contributed by atoms with E-state index in [-0.39, 0.29) is 11.3 Å². The van der Waals surface area contributed by atoms with Crippen LogP contribution in [0.25, 0.3) is 0 Å². The lowest BCUT2D eigenvalue weighted by Crippen LogP contribution is -2.57. The number of carbonyl (C=O) groups is 1. The van der Waals surface area contributed by atoms with E-state index in [0.29, 0.717) is 0 Å². The Kier molecular flexibility index (Phi) is 5.02. The molecule has 27 heavy (non-hydrogen) atoms. The number of hydrogen-bond donors (Lipinski definition) is 2. The van der Waals surface area contributed by atoms with E-state index in [2.05, 4.69) is 10.3 Å². The normalized spacial score (nSPS) is 27.6. The molecule has 0 saturated heterocycles. The predicted octanol–water partition coefficient (Wildman–Crippen LogP) is 2.66. The Labute approximate surface area is 156 Å². The van der Waals surface area contributed by atoms with Crippen LogP contribution in [-0.4, -0.2) is 36.7 Å². The quantitative estimate of drug-likeness (QED) is 0.701. The van der Waals surface area contributed by atoms with Gasteiger partial charge in [-0.25, -0.2) is 22.0 Å². The summed E-state index contributed by atoms with van der Waals surface area (Å²) >= 11 is 0. The lowest BCUT2D eigenvalue weighted by atomic mass is 9.93. The van der Waals surface area contributed by atoms with Crippen LogP contribution in [0.2, 0.25) is 0 Å². The second kappa shape index (κ2) is 6.43. The molecule has 1 aliphatic heterocycles. The molecule has 0 aromatic heterocycles. The number of carbonyl (C=O) groups excluding carboxylic acids is 1. The summed E-state index contributed by atoms with van der Waals surface area (Å²) in [5.74, 6) is -2.32. The van der Waals surface area contributed by atoms with Crippen LogP contribution in [0.4, 0.5) is 19.3 Å². The number of alkyl halides is 1. The summed E-state index contributed by atoms with van der Waals surface area (Å²) in [6.45, 7) is 6.87. The zero-order valence-electron chi connectivity index (χ0n) is 15.8. The maximum Gasteiger partial charge on any atom is 0.413 e. The highest BCUT2D eigenvalue weighted by molar-refractivity contribution is 7.93. The molecular formula is C17H23F2N3O4S. The molecule has 3 N–H and O–H groups in total. The number of halogens is 2. The van der Waals surface area contributed by atoms with Gasteiger partial charge in [-0.3, -0.25) is 10.3 Å². The predicted molar refractivity (Wildman–Crippen MR) is 98.3 cm³/mol. The third kappa shape index (κ3) is 4.20. The highest BCUT2D eigenvalue weighted by atomic mass is 32.2. The number of nitrogens with two attached hydrogens (primary N) is 1. The van der Waals surface area contributed by atoms with Gasteiger partial charge in [0.15, 0.2) is 15.7 Å². The van der Waals surface area contributed by atoms with Crippen molar-refractivity contribution in [1.29, 1.82) is 0 Å². The molecule has 2 atom stereocenters. The molecule has 0 aliphatic carbocycles. The van der Waals surface area contributed by atoms with E-state index in [0.717, 1.165) is 13.0 Å². The van der Waals surface area contributed by atoms with Gasteiger partial charge in [-0.2, -0.15) is 0 Å². The van der Waals surface area contributed by atoms with Gasteiger partial charge in [0.05, 0.1) is 5.75 Å². The summed E-state index contributed by atoms with van der Waals surface area (Å²) < 4.78 is 59.5. The number of aliphatic imine (C=N–C) groups is 1. The van der Waals surface area contributed by atoms with Gasteiger partial charge in [0.25, 0.3) is 5.00 Å². The molecule has 150 valence electrons. The van der Waals surface area contributed by atoms with Crippen LogP contribution in [0, 0.1) is 5.82 Å². The number of alkyl carbamates (subject to hydrolysis) is 1. The first-order valence-corrected chi connectivity index (χ1v) is 9.80. The molecule has 2 rings (SSSR count). The van der Waals surface area contributed by atoms with Crippen molar-refractivity contribution in [1.82, 2.24) is 5.32 Å². The number of anilines is 1. The molecule has 7 nitrogen and oxygen atoms in total. The number of nitrogen functional groups attached to an aromatic ring is 1. The van der Waals surface area contributed by atoms with Crippen LogP contribution in [0.15, 0.2) is 23.2 Å². The third-order valence-corrected chi connectivity index (χ3v) is 6.33. The molecule has 0 unspecified atom stereocenters. The summed E-state index contributed by atoms with van der Waals surface area (Å²) in [7, 11) is -4.46. The van der Waals surface area contributed by atoms with Crippen LogP contribution in [0.1, 0.15) is 40.2 Å². The van der Waals surface area contributed by atoms with E-state index < -0.39 is 49.5 Å². The number of ether oxygens (including phenoxy) is 1. The Morgan fingerprint density at radius 2 is 1.93 bits per heavy atom. The number of hydrogen-bond acceptors (Lipinski definition) is 6. The fourth-order valence-electron chi connectivity index (χ4n) is 2.67. The van der Waals surface area contributed by atoms with Crippen LogP contribution in [-0.2, 0) is 20.1 Å². The van der Waals surface area contributed by atoms with Crippen molar-refractivity contribution in [3.05, 3.63) is 29.6 Å². The van der Waals surface area contributed by atoms with Gasteiger partial charge in [0.1, 0.15) is 17.0 Å². The zero-order valence-corrected chi connectivity index (χ0v) is 16.6. The lowest BCUT2D eigenvalue weighted by Gasteiger charge is -2.37. The number of rotatable bonds is 1. The summed E-state index contributed by atoms with van der Waals surface area (Å²) in [6, 6.07) is 3.62. The van der Waals surface area contributed by atoms with Gasteiger partial charge in [-0.05, 0) is 52.8 Å². The minimum absolute atomic E-state index is 0.120. The van der Waals surface area contributed by atoms with Crippen molar-refractivity contribution in [2.45, 2.75) is 50.8 Å². The first-order valence-electron chi connectivity index (χ1n) is 8.14. The Bertz CT molecular complexity index is 907. The molecule has 0 fully saturated rings. The first kappa shape index (κ1) is 21.1. The largest absolute Gasteiger partial charge is 0.444 e. The monoisotopic (exact) mass is 403 g/mol. The van der Waals surface area contributed by atoms with Crippen LogP contribution < -0.4 is 11.1 Å². The Morgan fingerprint density at radius 1 is 1.33 bits per heavy atom. The fraction of sp³-hybridized carbons (Fsp3) is 0.529. The average molecular weight is 403 g/mol. The van der Waals surface area contributed by atoms with Crippen molar-refractivity contribution in [2.24, 2.45) is 4.99 Å². The highest BCUT2D eigenvalue weighted by Crippen LogP contribution is 2.39. The van der Waals surface area contributed by atoms with E-state index in [1.165, 1.54) is 19.1 Å². The number of amides is 1. The van der Waals surface area contributed by atoms with Gasteiger partial charge in [-0.1, -0.05) is 0 Å². The van der Waals surface area contributed by atoms with Crippen molar-refractivity contribution in [3.8, 4) is 0 Å². The third-order valence-electron chi connectivity index (χ3n) is 4.03. The number of sulfone groups is 1. The molecule has 0 radical (unpaired) electrons. The molecular weight excluding hydrogens is 380 g/mol. The summed E-state index contributed by atoms with van der Waals surface area (Å²) in [4.78, 5) is 16.1. The van der Waals surface area contributed by atoms with Crippen molar-refractivity contribution >= 4 is 27.5 Å². The van der Waals surface area contributed by atoms with E-state index in [9.17, 15) is 17.6 Å². The second-order valence-electron chi connectivity index (χ2n) is 7.78. The fourth-order valence-corrected chi connectivity index (χ4v) is 4.29. The summed E-state index contributed by atoms with van der Waals surface area (Å²) in [6.07, 6.45) is -1.07. The molecule has 0 spiro atoms. The molecule has 1 aliphatic rings. The number of benzene rings is 1. The summed E-state index contributed by atoms with van der Waals surface area (Å²) in [5, 5.41) is -0.911.